The van der Waals surface area contributed by atoms with Crippen LogP contribution in [0, 0.1) is 6.92 Å². The van der Waals surface area contributed by atoms with Gasteiger partial charge < -0.3 is 14.8 Å². The first-order chi connectivity index (χ1) is 12.2. The van der Waals surface area contributed by atoms with Gasteiger partial charge in [-0.2, -0.15) is 0 Å². The number of hydrogen-bond acceptors (Lipinski definition) is 5. The van der Waals surface area contributed by atoms with E-state index in [2.05, 4.69) is 41.5 Å². The molecule has 0 atom stereocenters. The second-order valence-corrected chi connectivity index (χ2v) is 6.89. The van der Waals surface area contributed by atoms with E-state index in [-0.39, 0.29) is 0 Å². The highest BCUT2D eigenvalue weighted by Gasteiger charge is 2.06. The molecule has 5 heteroatoms. The first-order valence-corrected chi connectivity index (χ1v) is 8.94. The van der Waals surface area contributed by atoms with Gasteiger partial charge in [0, 0.05) is 19.3 Å². The molecule has 0 fully saturated rings. The van der Waals surface area contributed by atoms with Gasteiger partial charge in [-0.1, -0.05) is 35.9 Å². The third-order valence-corrected chi connectivity index (χ3v) is 4.99. The van der Waals surface area contributed by atoms with Crippen molar-refractivity contribution < 1.29 is 9.47 Å². The molecule has 0 aliphatic carbocycles. The molecule has 0 spiro atoms. The number of ether oxygens (including phenoxy) is 2. The molecule has 1 N–H and O–H groups in total. The number of thiazole rings is 1. The summed E-state index contributed by atoms with van der Waals surface area (Å²) < 4.78 is 10.6. The lowest BCUT2D eigenvalue weighted by Crippen LogP contribution is -2.12. The average Bonchev–Trinajstić information content (AvgIpc) is 3.11. The summed E-state index contributed by atoms with van der Waals surface area (Å²) in [4.78, 5) is 5.72. The largest absolute Gasteiger partial charge is 0.493 e. The standard InChI is InChI=1S/C20H22N2O2S/c1-14-4-7-16(8-5-14)19-12-22-20(25-19)13-21-11-15-6-9-17(23-2)18(10-15)24-3/h4-10,12,21H,11,13H2,1-3H3. The number of nitrogens with one attached hydrogen (secondary N) is 1. The Hall–Kier alpha value is -2.37. The Morgan fingerprint density at radius 3 is 2.44 bits per heavy atom. The Kier molecular flexibility index (Phi) is 5.68. The quantitative estimate of drug-likeness (QED) is 0.682. The molecule has 0 radical (unpaired) electrons. The molecule has 3 rings (SSSR count). The summed E-state index contributed by atoms with van der Waals surface area (Å²) in [5, 5.41) is 4.51. The van der Waals surface area contributed by atoms with Gasteiger partial charge in [0.05, 0.1) is 19.1 Å². The van der Waals surface area contributed by atoms with Crippen LogP contribution in [0.1, 0.15) is 16.1 Å². The van der Waals surface area contributed by atoms with Crippen LogP contribution in [0.15, 0.2) is 48.7 Å². The Morgan fingerprint density at radius 2 is 1.72 bits per heavy atom. The summed E-state index contributed by atoms with van der Waals surface area (Å²) in [6.45, 7) is 3.59. The lowest BCUT2D eigenvalue weighted by molar-refractivity contribution is 0.354. The van der Waals surface area contributed by atoms with E-state index in [4.69, 9.17) is 9.47 Å². The van der Waals surface area contributed by atoms with Crippen molar-refractivity contribution in [1.29, 1.82) is 0 Å². The molecule has 25 heavy (non-hydrogen) atoms. The fourth-order valence-electron chi connectivity index (χ4n) is 2.55. The fraction of sp³-hybridized carbons (Fsp3) is 0.250. The van der Waals surface area contributed by atoms with Crippen LogP contribution >= 0.6 is 11.3 Å². The van der Waals surface area contributed by atoms with Crippen molar-refractivity contribution in [1.82, 2.24) is 10.3 Å². The van der Waals surface area contributed by atoms with E-state index in [9.17, 15) is 0 Å². The summed E-state index contributed by atoms with van der Waals surface area (Å²) >= 11 is 1.72. The highest BCUT2D eigenvalue weighted by atomic mass is 32.1. The third kappa shape index (κ3) is 4.38. The lowest BCUT2D eigenvalue weighted by atomic mass is 10.1. The molecule has 1 heterocycles. The van der Waals surface area contributed by atoms with Gasteiger partial charge in [0.25, 0.3) is 0 Å². The summed E-state index contributed by atoms with van der Waals surface area (Å²) in [5.74, 6) is 1.49. The normalized spacial score (nSPS) is 10.7. The van der Waals surface area contributed by atoms with Crippen molar-refractivity contribution in [3.63, 3.8) is 0 Å². The van der Waals surface area contributed by atoms with Gasteiger partial charge in [-0.25, -0.2) is 4.98 Å². The average molecular weight is 354 g/mol. The first kappa shape index (κ1) is 17.5. The van der Waals surface area contributed by atoms with E-state index in [1.165, 1.54) is 16.0 Å². The maximum atomic E-state index is 5.34. The Morgan fingerprint density at radius 1 is 0.960 bits per heavy atom. The van der Waals surface area contributed by atoms with E-state index in [0.29, 0.717) is 0 Å². The van der Waals surface area contributed by atoms with Crippen molar-refractivity contribution >= 4 is 11.3 Å². The van der Waals surface area contributed by atoms with Crippen LogP contribution in [0.4, 0.5) is 0 Å². The molecule has 0 amide bonds. The smallest absolute Gasteiger partial charge is 0.161 e. The molecule has 0 unspecified atom stereocenters. The Balaban J connectivity index is 1.58. The van der Waals surface area contributed by atoms with Gasteiger partial charge >= 0.3 is 0 Å². The molecule has 130 valence electrons. The SMILES string of the molecule is COc1ccc(CNCc2ncc(-c3ccc(C)cc3)s2)cc1OC. The van der Waals surface area contributed by atoms with Crippen molar-refractivity contribution in [2.45, 2.75) is 20.0 Å². The zero-order valence-electron chi connectivity index (χ0n) is 14.7. The zero-order chi connectivity index (χ0) is 17.6. The maximum Gasteiger partial charge on any atom is 0.161 e. The number of benzene rings is 2. The van der Waals surface area contributed by atoms with E-state index in [0.717, 1.165) is 35.2 Å². The summed E-state index contributed by atoms with van der Waals surface area (Å²) in [6.07, 6.45) is 1.95. The highest BCUT2D eigenvalue weighted by molar-refractivity contribution is 7.15. The molecular weight excluding hydrogens is 332 g/mol. The second-order valence-electron chi connectivity index (χ2n) is 5.78. The first-order valence-electron chi connectivity index (χ1n) is 8.13. The third-order valence-electron chi connectivity index (χ3n) is 3.94. The van der Waals surface area contributed by atoms with Crippen molar-refractivity contribution in [2.24, 2.45) is 0 Å². The minimum atomic E-state index is 0.741. The summed E-state index contributed by atoms with van der Waals surface area (Å²) in [5.41, 5.74) is 3.63. The predicted molar refractivity (Wildman–Crippen MR) is 102 cm³/mol. The van der Waals surface area contributed by atoms with Crippen LogP contribution < -0.4 is 14.8 Å². The number of aromatic nitrogens is 1. The van der Waals surface area contributed by atoms with E-state index >= 15 is 0 Å². The Labute approximate surface area is 152 Å². The number of hydrogen-bond donors (Lipinski definition) is 1. The highest BCUT2D eigenvalue weighted by Crippen LogP contribution is 2.28. The van der Waals surface area contributed by atoms with Crippen LogP contribution in [-0.2, 0) is 13.1 Å². The number of rotatable bonds is 7. The van der Waals surface area contributed by atoms with Crippen molar-refractivity contribution in [3.8, 4) is 21.9 Å². The summed E-state index contributed by atoms with van der Waals surface area (Å²) in [7, 11) is 3.29. The summed E-state index contributed by atoms with van der Waals surface area (Å²) in [6, 6.07) is 14.5. The molecular formula is C20H22N2O2S. The topological polar surface area (TPSA) is 43.4 Å². The van der Waals surface area contributed by atoms with Crippen LogP contribution in [0.3, 0.4) is 0 Å². The molecule has 3 aromatic rings. The van der Waals surface area contributed by atoms with Crippen molar-refractivity contribution in [2.75, 3.05) is 14.2 Å². The number of aryl methyl sites for hydroxylation is 1. The van der Waals surface area contributed by atoms with Crippen LogP contribution in [0.25, 0.3) is 10.4 Å². The van der Waals surface area contributed by atoms with Gasteiger partial charge in [-0.15, -0.1) is 11.3 Å². The fourth-order valence-corrected chi connectivity index (χ4v) is 3.44. The van der Waals surface area contributed by atoms with Crippen LogP contribution in [-0.4, -0.2) is 19.2 Å². The van der Waals surface area contributed by atoms with Gasteiger partial charge in [0.1, 0.15) is 5.01 Å². The van der Waals surface area contributed by atoms with E-state index in [1.54, 1.807) is 25.6 Å². The number of nitrogens with zero attached hydrogens (tertiary/aromatic N) is 1. The second kappa shape index (κ2) is 8.14. The van der Waals surface area contributed by atoms with Gasteiger partial charge in [-0.3, -0.25) is 0 Å². The molecule has 0 saturated heterocycles. The molecule has 2 aromatic carbocycles. The molecule has 1 aromatic heterocycles. The van der Waals surface area contributed by atoms with Crippen LogP contribution in [0.5, 0.6) is 11.5 Å². The molecule has 4 nitrogen and oxygen atoms in total. The molecule has 0 aliphatic rings. The minimum absolute atomic E-state index is 0.741. The van der Waals surface area contributed by atoms with Gasteiger partial charge in [-0.05, 0) is 30.2 Å². The molecule has 0 saturated carbocycles. The zero-order valence-corrected chi connectivity index (χ0v) is 15.5. The van der Waals surface area contributed by atoms with E-state index < -0.39 is 0 Å². The van der Waals surface area contributed by atoms with Gasteiger partial charge in [0.2, 0.25) is 0 Å². The minimum Gasteiger partial charge on any atom is -0.493 e. The van der Waals surface area contributed by atoms with Gasteiger partial charge in [0.15, 0.2) is 11.5 Å². The number of methoxy groups -OCH3 is 2. The maximum absolute atomic E-state index is 5.34. The predicted octanol–water partition coefficient (Wildman–Crippen LogP) is 4.43. The Bertz CT molecular complexity index is 828. The monoisotopic (exact) mass is 354 g/mol. The lowest BCUT2D eigenvalue weighted by Gasteiger charge is -2.09. The molecule has 0 bridgehead atoms. The van der Waals surface area contributed by atoms with E-state index in [1.807, 2.05) is 24.4 Å². The van der Waals surface area contributed by atoms with Crippen molar-refractivity contribution in [3.05, 3.63) is 64.8 Å². The molecule has 0 aliphatic heterocycles. The van der Waals surface area contributed by atoms with Crippen LogP contribution in [0.2, 0.25) is 0 Å².